The van der Waals surface area contributed by atoms with Crippen LogP contribution in [0.25, 0.3) is 0 Å². The van der Waals surface area contributed by atoms with Gasteiger partial charge in [0.15, 0.2) is 5.16 Å². The first kappa shape index (κ1) is 18.1. The Hall–Kier alpha value is -2.26. The molecule has 2 aromatic rings. The number of carbonyl (C=O) groups excluding carboxylic acids is 1. The average molecular weight is 389 g/mol. The molecule has 0 bridgehead atoms. The predicted molar refractivity (Wildman–Crippen MR) is 103 cm³/mol. The molecule has 1 saturated heterocycles. The largest absolute Gasteiger partial charge is 0.497 e. The molecule has 0 unspecified atom stereocenters. The number of hydrogen-bond acceptors (Lipinski definition) is 7. The Morgan fingerprint density at radius 3 is 2.93 bits per heavy atom. The minimum Gasteiger partial charge on any atom is -0.497 e. The minimum absolute atomic E-state index is 0.00198. The first-order valence-electron chi connectivity index (χ1n) is 9.10. The summed E-state index contributed by atoms with van der Waals surface area (Å²) in [4.78, 5) is 14.2. The van der Waals surface area contributed by atoms with Crippen LogP contribution in [0.2, 0.25) is 0 Å². The van der Waals surface area contributed by atoms with Gasteiger partial charge in [0.2, 0.25) is 11.9 Å². The fraction of sp³-hybridized carbons (Fsp3) is 0.500. The molecule has 9 heteroatoms. The second-order valence-electron chi connectivity index (χ2n) is 6.51. The molecule has 27 heavy (non-hydrogen) atoms. The highest BCUT2D eigenvalue weighted by atomic mass is 32.2. The maximum atomic E-state index is 12.1. The number of benzene rings is 1. The number of amides is 1. The van der Waals surface area contributed by atoms with Gasteiger partial charge < -0.3 is 19.7 Å². The van der Waals surface area contributed by atoms with E-state index in [1.165, 1.54) is 11.8 Å². The Labute approximate surface area is 162 Å². The summed E-state index contributed by atoms with van der Waals surface area (Å²) >= 11 is 1.42. The lowest BCUT2D eigenvalue weighted by Gasteiger charge is -2.15. The summed E-state index contributed by atoms with van der Waals surface area (Å²) in [5.41, 5.74) is 1.05. The van der Waals surface area contributed by atoms with Gasteiger partial charge >= 0.3 is 0 Å². The number of aromatic nitrogens is 3. The van der Waals surface area contributed by atoms with Crippen LogP contribution in [0.1, 0.15) is 12.8 Å². The molecular formula is C18H23N5O3S. The Morgan fingerprint density at radius 2 is 2.19 bits per heavy atom. The third-order valence-corrected chi connectivity index (χ3v) is 5.72. The van der Waals surface area contributed by atoms with Crippen molar-refractivity contribution >= 4 is 29.3 Å². The number of nitrogens with zero attached hydrogens (tertiary/aromatic N) is 4. The lowest BCUT2D eigenvalue weighted by Crippen LogP contribution is -2.32. The summed E-state index contributed by atoms with van der Waals surface area (Å²) < 4.78 is 12.8. The van der Waals surface area contributed by atoms with Crippen LogP contribution in [0.5, 0.6) is 5.75 Å². The number of carbonyl (C=O) groups is 1. The Morgan fingerprint density at radius 1 is 1.33 bits per heavy atom. The molecule has 4 rings (SSSR count). The molecule has 0 saturated carbocycles. The van der Waals surface area contributed by atoms with Gasteiger partial charge in [-0.15, -0.1) is 10.2 Å². The van der Waals surface area contributed by atoms with Crippen molar-refractivity contribution in [1.29, 1.82) is 0 Å². The zero-order valence-corrected chi connectivity index (χ0v) is 16.1. The molecule has 144 valence electrons. The highest BCUT2D eigenvalue weighted by Gasteiger charge is 2.26. The quantitative estimate of drug-likeness (QED) is 0.724. The first-order chi connectivity index (χ1) is 13.2. The first-order valence-corrected chi connectivity index (χ1v) is 10.1. The van der Waals surface area contributed by atoms with E-state index in [0.717, 1.165) is 55.1 Å². The van der Waals surface area contributed by atoms with Gasteiger partial charge in [0.05, 0.1) is 19.0 Å². The van der Waals surface area contributed by atoms with E-state index in [9.17, 15) is 4.79 Å². The highest BCUT2D eigenvalue weighted by molar-refractivity contribution is 7.99. The number of methoxy groups -OCH3 is 1. The standard InChI is InChI=1S/C18H23N5O3S/c1-25-14-6-4-13(5-7-14)22-8-9-23-17(22)20-21-18(23)27-12-16(24)19-11-15-3-2-10-26-15/h4-7,15H,2-3,8-12H2,1H3,(H,19,24)/t15-/m0/s1. The summed E-state index contributed by atoms with van der Waals surface area (Å²) in [6.45, 7) is 3.01. The molecule has 1 amide bonds. The molecule has 1 N–H and O–H groups in total. The number of thioether (sulfide) groups is 1. The van der Waals surface area contributed by atoms with Crippen molar-refractivity contribution in [3.8, 4) is 5.75 Å². The lowest BCUT2D eigenvalue weighted by molar-refractivity contribution is -0.119. The molecule has 1 atom stereocenters. The molecule has 8 nitrogen and oxygen atoms in total. The van der Waals surface area contributed by atoms with Crippen molar-refractivity contribution in [3.05, 3.63) is 24.3 Å². The van der Waals surface area contributed by atoms with Crippen LogP contribution in [0, 0.1) is 0 Å². The minimum atomic E-state index is -0.00198. The molecule has 0 spiro atoms. The van der Waals surface area contributed by atoms with E-state index in [2.05, 4.69) is 25.0 Å². The van der Waals surface area contributed by atoms with Crippen LogP contribution in [0.4, 0.5) is 11.6 Å². The van der Waals surface area contributed by atoms with Gasteiger partial charge in [-0.2, -0.15) is 0 Å². The van der Waals surface area contributed by atoms with E-state index >= 15 is 0 Å². The molecule has 1 aromatic carbocycles. The number of fused-ring (bicyclic) bond motifs is 1. The van der Waals surface area contributed by atoms with Crippen LogP contribution in [0.15, 0.2) is 29.4 Å². The van der Waals surface area contributed by atoms with Gasteiger partial charge in [-0.25, -0.2) is 0 Å². The van der Waals surface area contributed by atoms with Gasteiger partial charge in [-0.1, -0.05) is 11.8 Å². The fourth-order valence-electron chi connectivity index (χ4n) is 3.30. The normalized spacial score (nSPS) is 18.6. The van der Waals surface area contributed by atoms with Gasteiger partial charge in [0.1, 0.15) is 5.75 Å². The second-order valence-corrected chi connectivity index (χ2v) is 7.45. The number of rotatable bonds is 7. The number of anilines is 2. The number of hydrogen-bond donors (Lipinski definition) is 1. The molecule has 1 aromatic heterocycles. The van der Waals surface area contributed by atoms with Crippen LogP contribution in [-0.4, -0.2) is 59.3 Å². The topological polar surface area (TPSA) is 81.5 Å². The number of ether oxygens (including phenoxy) is 2. The summed E-state index contributed by atoms with van der Waals surface area (Å²) in [6, 6.07) is 7.88. The maximum absolute atomic E-state index is 12.1. The molecule has 2 aliphatic rings. The Bertz CT molecular complexity index is 789. The third kappa shape index (κ3) is 4.03. The third-order valence-electron chi connectivity index (χ3n) is 4.75. The van der Waals surface area contributed by atoms with Crippen LogP contribution in [0.3, 0.4) is 0 Å². The van der Waals surface area contributed by atoms with Crippen LogP contribution < -0.4 is 15.0 Å². The predicted octanol–water partition coefficient (Wildman–Crippen LogP) is 1.83. The van der Waals surface area contributed by atoms with Crippen LogP contribution in [-0.2, 0) is 16.1 Å². The summed E-state index contributed by atoms with van der Waals surface area (Å²) in [5.74, 6) is 1.96. The van der Waals surface area contributed by atoms with Crippen LogP contribution >= 0.6 is 11.8 Å². The Balaban J connectivity index is 1.34. The highest BCUT2D eigenvalue weighted by Crippen LogP contribution is 2.32. The monoisotopic (exact) mass is 389 g/mol. The van der Waals surface area contributed by atoms with Gasteiger partial charge in [-0.05, 0) is 37.1 Å². The SMILES string of the molecule is COc1ccc(N2CCn3c(SCC(=O)NC[C@@H]4CCCO4)nnc32)cc1. The van der Waals surface area contributed by atoms with Crippen molar-refractivity contribution in [2.24, 2.45) is 0 Å². The van der Waals surface area contributed by atoms with Gasteiger partial charge in [0.25, 0.3) is 0 Å². The van der Waals surface area contributed by atoms with Crippen molar-refractivity contribution in [1.82, 2.24) is 20.1 Å². The van der Waals surface area contributed by atoms with Crippen molar-refractivity contribution < 1.29 is 14.3 Å². The zero-order chi connectivity index (χ0) is 18.6. The van der Waals surface area contributed by atoms with Crippen molar-refractivity contribution in [2.75, 3.05) is 37.5 Å². The van der Waals surface area contributed by atoms with E-state index in [1.807, 2.05) is 24.3 Å². The van der Waals surface area contributed by atoms with Gasteiger partial charge in [0, 0.05) is 31.9 Å². The number of nitrogens with one attached hydrogen (secondary N) is 1. The van der Waals surface area contributed by atoms with Crippen molar-refractivity contribution in [2.45, 2.75) is 30.6 Å². The van der Waals surface area contributed by atoms with E-state index < -0.39 is 0 Å². The summed E-state index contributed by atoms with van der Waals surface area (Å²) in [7, 11) is 1.65. The molecule has 2 aliphatic heterocycles. The molecule has 1 fully saturated rings. The summed E-state index contributed by atoms with van der Waals surface area (Å²) in [5, 5.41) is 12.3. The van der Waals surface area contributed by atoms with E-state index in [1.54, 1.807) is 7.11 Å². The molecule has 0 aliphatic carbocycles. The van der Waals surface area contributed by atoms with E-state index in [0.29, 0.717) is 12.3 Å². The lowest BCUT2D eigenvalue weighted by atomic mass is 10.2. The molecule has 0 radical (unpaired) electrons. The maximum Gasteiger partial charge on any atom is 0.232 e. The summed E-state index contributed by atoms with van der Waals surface area (Å²) in [6.07, 6.45) is 2.26. The second kappa shape index (κ2) is 8.18. The van der Waals surface area contributed by atoms with Gasteiger partial charge in [-0.3, -0.25) is 9.36 Å². The zero-order valence-electron chi connectivity index (χ0n) is 15.3. The smallest absolute Gasteiger partial charge is 0.232 e. The van der Waals surface area contributed by atoms with E-state index in [4.69, 9.17) is 9.47 Å². The van der Waals surface area contributed by atoms with E-state index in [-0.39, 0.29) is 12.0 Å². The average Bonchev–Trinajstić information content (AvgIpc) is 3.43. The fourth-order valence-corrected chi connectivity index (χ4v) is 4.09. The Kier molecular flexibility index (Phi) is 5.49. The van der Waals surface area contributed by atoms with Crippen molar-refractivity contribution in [3.63, 3.8) is 0 Å². The molecule has 3 heterocycles. The molecular weight excluding hydrogens is 366 g/mol.